The summed E-state index contributed by atoms with van der Waals surface area (Å²) < 4.78 is 0. The van der Waals surface area contributed by atoms with Gasteiger partial charge in [-0.1, -0.05) is 54.6 Å². The second-order valence-corrected chi connectivity index (χ2v) is 8.37. The molecular formula is C27H30N2O. The summed E-state index contributed by atoms with van der Waals surface area (Å²) in [4.78, 5) is 17.4. The van der Waals surface area contributed by atoms with Crippen molar-refractivity contribution in [3.05, 3.63) is 89.5 Å². The molecule has 0 saturated heterocycles. The van der Waals surface area contributed by atoms with Crippen molar-refractivity contribution in [3.63, 3.8) is 0 Å². The minimum atomic E-state index is 0.0934. The average Bonchev–Trinajstić information content (AvgIpc) is 2.78. The summed E-state index contributed by atoms with van der Waals surface area (Å²) in [5.41, 5.74) is 6.80. The van der Waals surface area contributed by atoms with Crippen LogP contribution in [0.1, 0.15) is 34.3 Å². The van der Waals surface area contributed by atoms with Crippen LogP contribution in [0, 0.1) is 0 Å². The Kier molecular flexibility index (Phi) is 6.29. The smallest absolute Gasteiger partial charge is 0.258 e. The third-order valence-electron chi connectivity index (χ3n) is 5.82. The van der Waals surface area contributed by atoms with E-state index in [-0.39, 0.29) is 5.91 Å². The lowest BCUT2D eigenvalue weighted by molar-refractivity contribution is 0.0985. The van der Waals surface area contributed by atoms with Gasteiger partial charge in [0.1, 0.15) is 0 Å². The lowest BCUT2D eigenvalue weighted by Crippen LogP contribution is -2.35. The maximum Gasteiger partial charge on any atom is 0.258 e. The van der Waals surface area contributed by atoms with E-state index in [4.69, 9.17) is 0 Å². The second kappa shape index (κ2) is 9.27. The molecule has 1 amide bonds. The summed E-state index contributed by atoms with van der Waals surface area (Å²) in [6, 6.07) is 24.9. The molecule has 0 unspecified atom stereocenters. The van der Waals surface area contributed by atoms with Crippen LogP contribution in [0.4, 0.5) is 5.69 Å². The van der Waals surface area contributed by atoms with Gasteiger partial charge >= 0.3 is 0 Å². The van der Waals surface area contributed by atoms with E-state index in [0.717, 1.165) is 55.6 Å². The molecule has 0 spiro atoms. The predicted molar refractivity (Wildman–Crippen MR) is 125 cm³/mol. The summed E-state index contributed by atoms with van der Waals surface area (Å²) in [6.07, 6.45) is 4.30. The Bertz CT molecular complexity index is 993. The van der Waals surface area contributed by atoms with Gasteiger partial charge in [-0.05, 0) is 86.8 Å². The first-order valence-electron chi connectivity index (χ1n) is 10.9. The van der Waals surface area contributed by atoms with Crippen LogP contribution in [0.2, 0.25) is 0 Å². The monoisotopic (exact) mass is 398 g/mol. The van der Waals surface area contributed by atoms with Crippen molar-refractivity contribution in [2.24, 2.45) is 0 Å². The Labute approximate surface area is 180 Å². The SMILES string of the molecule is CN(C)CCCc1ccc2c(c1)CCCN2C(=O)c1ccc(-c2ccccc2)cc1. The third kappa shape index (κ3) is 4.63. The van der Waals surface area contributed by atoms with Crippen LogP contribution in [0.25, 0.3) is 11.1 Å². The molecule has 0 aromatic heterocycles. The predicted octanol–water partition coefficient (Wildman–Crippen LogP) is 5.44. The van der Waals surface area contributed by atoms with Gasteiger partial charge < -0.3 is 9.80 Å². The zero-order chi connectivity index (χ0) is 20.9. The molecule has 1 heterocycles. The number of fused-ring (bicyclic) bond motifs is 1. The van der Waals surface area contributed by atoms with E-state index in [2.05, 4.69) is 49.3 Å². The van der Waals surface area contributed by atoms with Crippen LogP contribution in [0.15, 0.2) is 72.8 Å². The molecule has 0 N–H and O–H groups in total. The van der Waals surface area contributed by atoms with Crippen LogP contribution < -0.4 is 4.90 Å². The molecule has 3 nitrogen and oxygen atoms in total. The van der Waals surface area contributed by atoms with Crippen LogP contribution in [-0.4, -0.2) is 38.0 Å². The van der Waals surface area contributed by atoms with E-state index in [9.17, 15) is 4.79 Å². The number of aryl methyl sites for hydroxylation is 2. The van der Waals surface area contributed by atoms with E-state index in [0.29, 0.717) is 0 Å². The normalized spacial score (nSPS) is 13.4. The molecule has 0 atom stereocenters. The molecule has 4 rings (SSSR count). The summed E-state index contributed by atoms with van der Waals surface area (Å²) in [6.45, 7) is 1.88. The van der Waals surface area contributed by atoms with E-state index < -0.39 is 0 Å². The highest BCUT2D eigenvalue weighted by molar-refractivity contribution is 6.07. The van der Waals surface area contributed by atoms with E-state index >= 15 is 0 Å². The Morgan fingerprint density at radius 3 is 2.40 bits per heavy atom. The molecule has 3 aromatic carbocycles. The number of amides is 1. The lowest BCUT2D eigenvalue weighted by Gasteiger charge is -2.30. The van der Waals surface area contributed by atoms with Gasteiger partial charge in [-0.25, -0.2) is 0 Å². The van der Waals surface area contributed by atoms with E-state index in [1.807, 2.05) is 47.4 Å². The molecule has 0 radical (unpaired) electrons. The van der Waals surface area contributed by atoms with Crippen molar-refractivity contribution < 1.29 is 4.79 Å². The van der Waals surface area contributed by atoms with Crippen molar-refractivity contribution in [1.82, 2.24) is 4.90 Å². The van der Waals surface area contributed by atoms with Gasteiger partial charge in [0, 0.05) is 17.8 Å². The maximum atomic E-state index is 13.3. The fourth-order valence-electron chi connectivity index (χ4n) is 4.21. The van der Waals surface area contributed by atoms with Crippen molar-refractivity contribution in [1.29, 1.82) is 0 Å². The number of hydrogen-bond donors (Lipinski definition) is 0. The maximum absolute atomic E-state index is 13.3. The topological polar surface area (TPSA) is 23.6 Å². The largest absolute Gasteiger partial charge is 0.309 e. The fourth-order valence-corrected chi connectivity index (χ4v) is 4.21. The fraction of sp³-hybridized carbons (Fsp3) is 0.296. The van der Waals surface area contributed by atoms with Gasteiger partial charge in [-0.15, -0.1) is 0 Å². The Morgan fingerprint density at radius 1 is 0.933 bits per heavy atom. The third-order valence-corrected chi connectivity index (χ3v) is 5.82. The van der Waals surface area contributed by atoms with Crippen molar-refractivity contribution >= 4 is 11.6 Å². The van der Waals surface area contributed by atoms with Gasteiger partial charge in [0.05, 0.1) is 0 Å². The van der Waals surface area contributed by atoms with Crippen LogP contribution in [0.3, 0.4) is 0 Å². The van der Waals surface area contributed by atoms with Gasteiger partial charge in [0.15, 0.2) is 0 Å². The molecule has 0 bridgehead atoms. The van der Waals surface area contributed by atoms with Gasteiger partial charge in [0.25, 0.3) is 5.91 Å². The highest BCUT2D eigenvalue weighted by atomic mass is 16.2. The van der Waals surface area contributed by atoms with Gasteiger partial charge in [-0.3, -0.25) is 4.79 Å². The highest BCUT2D eigenvalue weighted by Gasteiger charge is 2.23. The first kappa shape index (κ1) is 20.4. The van der Waals surface area contributed by atoms with Crippen molar-refractivity contribution in [3.8, 4) is 11.1 Å². The summed E-state index contributed by atoms with van der Waals surface area (Å²) in [5, 5.41) is 0. The molecule has 0 fully saturated rings. The Hall–Kier alpha value is -2.91. The summed E-state index contributed by atoms with van der Waals surface area (Å²) in [7, 11) is 4.23. The number of carbonyl (C=O) groups excluding carboxylic acids is 1. The summed E-state index contributed by atoms with van der Waals surface area (Å²) >= 11 is 0. The number of anilines is 1. The zero-order valence-corrected chi connectivity index (χ0v) is 18.0. The van der Waals surface area contributed by atoms with Crippen molar-refractivity contribution in [2.45, 2.75) is 25.7 Å². The molecular weight excluding hydrogens is 368 g/mol. The highest BCUT2D eigenvalue weighted by Crippen LogP contribution is 2.30. The Morgan fingerprint density at radius 2 is 1.67 bits per heavy atom. The zero-order valence-electron chi connectivity index (χ0n) is 18.0. The number of nitrogens with zero attached hydrogens (tertiary/aromatic N) is 2. The molecule has 1 aliphatic heterocycles. The number of rotatable bonds is 6. The minimum Gasteiger partial charge on any atom is -0.309 e. The number of hydrogen-bond acceptors (Lipinski definition) is 2. The van der Waals surface area contributed by atoms with Crippen molar-refractivity contribution in [2.75, 3.05) is 32.1 Å². The molecule has 1 aliphatic rings. The average molecular weight is 399 g/mol. The number of benzene rings is 3. The van der Waals surface area contributed by atoms with Gasteiger partial charge in [-0.2, -0.15) is 0 Å². The van der Waals surface area contributed by atoms with Crippen LogP contribution >= 0.6 is 0 Å². The van der Waals surface area contributed by atoms with E-state index in [1.54, 1.807) is 0 Å². The standard InChI is InChI=1S/C27H30N2O/c1-28(2)18-6-8-21-12-17-26-25(20-21)11-7-19-29(26)27(30)24-15-13-23(14-16-24)22-9-4-3-5-10-22/h3-5,9-10,12-17,20H,6-8,11,18-19H2,1-2H3. The van der Waals surface area contributed by atoms with Crippen LogP contribution in [-0.2, 0) is 12.8 Å². The molecule has 154 valence electrons. The summed E-state index contributed by atoms with van der Waals surface area (Å²) in [5.74, 6) is 0.0934. The molecule has 0 saturated carbocycles. The van der Waals surface area contributed by atoms with E-state index in [1.165, 1.54) is 16.7 Å². The molecule has 0 aliphatic carbocycles. The van der Waals surface area contributed by atoms with Crippen LogP contribution in [0.5, 0.6) is 0 Å². The minimum absolute atomic E-state index is 0.0934. The quantitative estimate of drug-likeness (QED) is 0.552. The molecule has 3 heteroatoms. The molecule has 30 heavy (non-hydrogen) atoms. The first-order chi connectivity index (χ1) is 14.6. The second-order valence-electron chi connectivity index (χ2n) is 8.37. The first-order valence-corrected chi connectivity index (χ1v) is 10.9. The molecule has 3 aromatic rings. The van der Waals surface area contributed by atoms with Gasteiger partial charge in [0.2, 0.25) is 0 Å². The lowest BCUT2D eigenvalue weighted by atomic mass is 9.96. The number of carbonyl (C=O) groups is 1. The Balaban J connectivity index is 1.50.